The molecule has 2 heterocycles. The summed E-state index contributed by atoms with van der Waals surface area (Å²) in [7, 11) is 0. The van der Waals surface area contributed by atoms with Crippen LogP contribution in [0.3, 0.4) is 0 Å². The zero-order valence-electron chi connectivity index (χ0n) is 7.69. The number of hydrogen-bond donors (Lipinski definition) is 1. The van der Waals surface area contributed by atoms with Crippen LogP contribution in [-0.2, 0) is 11.3 Å². The van der Waals surface area contributed by atoms with Crippen molar-refractivity contribution in [2.45, 2.75) is 32.0 Å². The van der Waals surface area contributed by atoms with Crippen LogP contribution in [0, 0.1) is 0 Å². The van der Waals surface area contributed by atoms with E-state index in [1.54, 1.807) is 6.20 Å². The zero-order chi connectivity index (χ0) is 9.10. The monoisotopic (exact) mass is 182 g/mol. The molecule has 0 amide bonds. The van der Waals surface area contributed by atoms with Crippen molar-refractivity contribution in [1.29, 1.82) is 0 Å². The van der Waals surface area contributed by atoms with Gasteiger partial charge in [-0.25, -0.2) is 0 Å². The van der Waals surface area contributed by atoms with E-state index >= 15 is 0 Å². The Kier molecular flexibility index (Phi) is 2.61. The van der Waals surface area contributed by atoms with Crippen molar-refractivity contribution >= 4 is 0 Å². The first-order valence-corrected chi connectivity index (χ1v) is 4.61. The Morgan fingerprint density at radius 1 is 1.69 bits per heavy atom. The summed E-state index contributed by atoms with van der Waals surface area (Å²) in [6.07, 6.45) is 3.05. The predicted molar refractivity (Wildman–Crippen MR) is 47.2 cm³/mol. The standard InChI is InChI=1S/C9H14N2O2/c1-7-9(3-5-12-7)10-6-8-2-4-11-13-8/h2,4,7,9-10H,3,5-6H2,1H3. The van der Waals surface area contributed by atoms with Gasteiger partial charge in [0.1, 0.15) is 5.76 Å². The Morgan fingerprint density at radius 3 is 3.23 bits per heavy atom. The molecule has 2 rings (SSSR count). The maximum atomic E-state index is 5.43. The van der Waals surface area contributed by atoms with E-state index in [1.165, 1.54) is 0 Å². The summed E-state index contributed by atoms with van der Waals surface area (Å²) in [4.78, 5) is 0. The van der Waals surface area contributed by atoms with Crippen LogP contribution in [0.15, 0.2) is 16.8 Å². The molecule has 1 aromatic rings. The van der Waals surface area contributed by atoms with Crippen molar-refractivity contribution in [3.8, 4) is 0 Å². The molecule has 1 aliphatic rings. The summed E-state index contributed by atoms with van der Waals surface area (Å²) in [5, 5.41) is 7.02. The molecule has 0 bridgehead atoms. The van der Waals surface area contributed by atoms with Gasteiger partial charge in [-0.3, -0.25) is 0 Å². The van der Waals surface area contributed by atoms with Crippen LogP contribution in [-0.4, -0.2) is 23.9 Å². The van der Waals surface area contributed by atoms with Gasteiger partial charge in [0.25, 0.3) is 0 Å². The smallest absolute Gasteiger partial charge is 0.150 e. The van der Waals surface area contributed by atoms with Gasteiger partial charge in [0, 0.05) is 18.7 Å². The van der Waals surface area contributed by atoms with Gasteiger partial charge in [0.2, 0.25) is 0 Å². The first kappa shape index (κ1) is 8.72. The minimum Gasteiger partial charge on any atom is -0.377 e. The lowest BCUT2D eigenvalue weighted by atomic mass is 10.1. The normalized spacial score (nSPS) is 28.1. The van der Waals surface area contributed by atoms with Gasteiger partial charge in [0.05, 0.1) is 18.8 Å². The minimum absolute atomic E-state index is 0.308. The average molecular weight is 182 g/mol. The van der Waals surface area contributed by atoms with Gasteiger partial charge >= 0.3 is 0 Å². The quantitative estimate of drug-likeness (QED) is 0.755. The van der Waals surface area contributed by atoms with Crippen LogP contribution in [0.25, 0.3) is 0 Å². The van der Waals surface area contributed by atoms with Crippen LogP contribution in [0.4, 0.5) is 0 Å². The molecule has 0 radical (unpaired) electrons. The Hall–Kier alpha value is -0.870. The van der Waals surface area contributed by atoms with E-state index in [1.807, 2.05) is 6.07 Å². The zero-order valence-corrected chi connectivity index (χ0v) is 7.69. The average Bonchev–Trinajstić information content (AvgIpc) is 2.72. The van der Waals surface area contributed by atoms with Gasteiger partial charge < -0.3 is 14.6 Å². The number of ether oxygens (including phenoxy) is 1. The summed E-state index contributed by atoms with van der Waals surface area (Å²) >= 11 is 0. The van der Waals surface area contributed by atoms with Gasteiger partial charge in [-0.1, -0.05) is 5.16 Å². The van der Waals surface area contributed by atoms with E-state index in [9.17, 15) is 0 Å². The molecular weight excluding hydrogens is 168 g/mol. The molecule has 0 spiro atoms. The Morgan fingerprint density at radius 2 is 2.62 bits per heavy atom. The molecule has 0 aromatic carbocycles. The highest BCUT2D eigenvalue weighted by Gasteiger charge is 2.23. The van der Waals surface area contributed by atoms with Crippen molar-refractivity contribution in [3.63, 3.8) is 0 Å². The van der Waals surface area contributed by atoms with Gasteiger partial charge in [0.15, 0.2) is 0 Å². The summed E-state index contributed by atoms with van der Waals surface area (Å²) in [6.45, 7) is 3.68. The third kappa shape index (κ3) is 2.08. The fourth-order valence-electron chi connectivity index (χ4n) is 1.56. The van der Waals surface area contributed by atoms with Gasteiger partial charge in [-0.15, -0.1) is 0 Å². The molecule has 1 fully saturated rings. The number of aromatic nitrogens is 1. The summed E-state index contributed by atoms with van der Waals surface area (Å²) in [5.41, 5.74) is 0. The van der Waals surface area contributed by atoms with Crippen LogP contribution in [0.5, 0.6) is 0 Å². The van der Waals surface area contributed by atoms with Gasteiger partial charge in [-0.2, -0.15) is 0 Å². The van der Waals surface area contributed by atoms with E-state index in [4.69, 9.17) is 9.26 Å². The second-order valence-electron chi connectivity index (χ2n) is 3.33. The third-order valence-electron chi connectivity index (χ3n) is 2.41. The predicted octanol–water partition coefficient (Wildman–Crippen LogP) is 0.942. The first-order valence-electron chi connectivity index (χ1n) is 4.61. The van der Waals surface area contributed by atoms with E-state index in [2.05, 4.69) is 17.4 Å². The third-order valence-corrected chi connectivity index (χ3v) is 2.41. The fraction of sp³-hybridized carbons (Fsp3) is 0.667. The molecule has 1 saturated heterocycles. The van der Waals surface area contributed by atoms with Crippen LogP contribution in [0.1, 0.15) is 19.1 Å². The van der Waals surface area contributed by atoms with E-state index in [0.717, 1.165) is 25.3 Å². The second-order valence-corrected chi connectivity index (χ2v) is 3.33. The number of rotatable bonds is 3. The van der Waals surface area contributed by atoms with E-state index in [-0.39, 0.29) is 0 Å². The number of hydrogen-bond acceptors (Lipinski definition) is 4. The maximum Gasteiger partial charge on any atom is 0.150 e. The topological polar surface area (TPSA) is 47.3 Å². The molecule has 4 heteroatoms. The van der Waals surface area contributed by atoms with Crippen molar-refractivity contribution in [1.82, 2.24) is 10.5 Å². The molecule has 1 N–H and O–H groups in total. The van der Waals surface area contributed by atoms with Crippen molar-refractivity contribution in [2.24, 2.45) is 0 Å². The Labute approximate surface area is 77.2 Å². The largest absolute Gasteiger partial charge is 0.377 e. The molecule has 0 saturated carbocycles. The highest BCUT2D eigenvalue weighted by molar-refractivity contribution is 4.93. The lowest BCUT2D eigenvalue weighted by Crippen LogP contribution is -2.33. The molecule has 1 aliphatic heterocycles. The maximum absolute atomic E-state index is 5.43. The van der Waals surface area contributed by atoms with E-state index in [0.29, 0.717) is 12.1 Å². The van der Waals surface area contributed by atoms with Crippen LogP contribution in [0.2, 0.25) is 0 Å². The highest BCUT2D eigenvalue weighted by Crippen LogP contribution is 2.13. The molecule has 13 heavy (non-hydrogen) atoms. The van der Waals surface area contributed by atoms with Crippen molar-refractivity contribution in [3.05, 3.63) is 18.0 Å². The summed E-state index contributed by atoms with van der Waals surface area (Å²) in [6, 6.07) is 2.32. The molecule has 72 valence electrons. The van der Waals surface area contributed by atoms with E-state index < -0.39 is 0 Å². The fourth-order valence-corrected chi connectivity index (χ4v) is 1.56. The molecule has 0 aliphatic carbocycles. The number of nitrogens with one attached hydrogen (secondary N) is 1. The molecule has 2 unspecified atom stereocenters. The number of nitrogens with zero attached hydrogens (tertiary/aromatic N) is 1. The lowest BCUT2D eigenvalue weighted by Gasteiger charge is -2.14. The Balaban J connectivity index is 1.79. The van der Waals surface area contributed by atoms with Crippen LogP contribution < -0.4 is 5.32 Å². The van der Waals surface area contributed by atoms with Crippen molar-refractivity contribution in [2.75, 3.05) is 6.61 Å². The SMILES string of the molecule is CC1OCCC1NCc1ccno1. The minimum atomic E-state index is 0.308. The van der Waals surface area contributed by atoms with Crippen LogP contribution >= 0.6 is 0 Å². The van der Waals surface area contributed by atoms with Gasteiger partial charge in [-0.05, 0) is 13.3 Å². The summed E-state index contributed by atoms with van der Waals surface area (Å²) in [5.74, 6) is 0.874. The molecule has 2 atom stereocenters. The molecular formula is C9H14N2O2. The first-order chi connectivity index (χ1) is 6.36. The Bertz CT molecular complexity index is 248. The molecule has 4 nitrogen and oxygen atoms in total. The summed E-state index contributed by atoms with van der Waals surface area (Å²) < 4.78 is 10.4. The van der Waals surface area contributed by atoms with Crippen molar-refractivity contribution < 1.29 is 9.26 Å². The molecule has 1 aromatic heterocycles. The lowest BCUT2D eigenvalue weighted by molar-refractivity contribution is 0.112. The second kappa shape index (κ2) is 3.89. The highest BCUT2D eigenvalue weighted by atomic mass is 16.5.